The van der Waals surface area contributed by atoms with E-state index in [0.29, 0.717) is 25.0 Å². The van der Waals surface area contributed by atoms with Gasteiger partial charge in [0.15, 0.2) is 5.96 Å². The van der Waals surface area contributed by atoms with Crippen molar-refractivity contribution in [3.63, 3.8) is 0 Å². The third-order valence-corrected chi connectivity index (χ3v) is 2.87. The predicted molar refractivity (Wildman–Crippen MR) is 85.6 cm³/mol. The number of rotatable bonds is 7. The summed E-state index contributed by atoms with van der Waals surface area (Å²) >= 11 is 0. The normalized spacial score (nSPS) is 12.4. The van der Waals surface area contributed by atoms with Crippen LogP contribution >= 0.6 is 0 Å². The van der Waals surface area contributed by atoms with Gasteiger partial charge in [0.2, 0.25) is 0 Å². The zero-order valence-corrected chi connectivity index (χ0v) is 13.7. The molecule has 0 aliphatic heterocycles. The first kappa shape index (κ1) is 19.1. The van der Waals surface area contributed by atoms with Gasteiger partial charge in [-0.05, 0) is 23.6 Å². The van der Waals surface area contributed by atoms with Crippen molar-refractivity contribution in [2.75, 3.05) is 20.2 Å². The van der Waals surface area contributed by atoms with E-state index in [-0.39, 0.29) is 6.54 Å². The molecule has 0 aromatic heterocycles. The molecule has 23 heavy (non-hydrogen) atoms. The molecule has 0 aliphatic carbocycles. The van der Waals surface area contributed by atoms with Crippen molar-refractivity contribution in [2.24, 2.45) is 10.9 Å². The number of guanidine groups is 1. The van der Waals surface area contributed by atoms with Crippen molar-refractivity contribution < 1.29 is 17.9 Å². The zero-order chi connectivity index (χ0) is 17.3. The lowest BCUT2D eigenvalue weighted by Crippen LogP contribution is -2.38. The minimum Gasteiger partial charge on any atom is -0.493 e. The number of ether oxygens (including phenoxy) is 1. The van der Waals surface area contributed by atoms with Crippen molar-refractivity contribution in [1.82, 2.24) is 10.6 Å². The van der Waals surface area contributed by atoms with Gasteiger partial charge in [-0.15, -0.1) is 0 Å². The van der Waals surface area contributed by atoms with E-state index in [9.17, 15) is 13.2 Å². The van der Waals surface area contributed by atoms with Crippen LogP contribution in [0.5, 0.6) is 5.75 Å². The van der Waals surface area contributed by atoms with Crippen LogP contribution in [0.1, 0.15) is 25.8 Å². The fourth-order valence-electron chi connectivity index (χ4n) is 1.74. The average molecular weight is 331 g/mol. The molecule has 0 aliphatic rings. The summed E-state index contributed by atoms with van der Waals surface area (Å²) in [5.74, 6) is 1.55. The van der Waals surface area contributed by atoms with E-state index in [4.69, 9.17) is 4.74 Å². The second kappa shape index (κ2) is 9.27. The van der Waals surface area contributed by atoms with Crippen molar-refractivity contribution in [3.05, 3.63) is 29.8 Å². The molecular weight excluding hydrogens is 307 g/mol. The van der Waals surface area contributed by atoms with Gasteiger partial charge >= 0.3 is 6.18 Å². The van der Waals surface area contributed by atoms with Crippen LogP contribution in [-0.2, 0) is 6.54 Å². The van der Waals surface area contributed by atoms with Gasteiger partial charge in [-0.2, -0.15) is 13.2 Å². The fraction of sp³-hybridized carbons (Fsp3) is 0.562. The predicted octanol–water partition coefficient (Wildman–Crippen LogP) is 3.34. The highest BCUT2D eigenvalue weighted by atomic mass is 19.4. The van der Waals surface area contributed by atoms with E-state index in [1.54, 1.807) is 0 Å². The molecular formula is C16H24F3N3O. The number of nitrogens with one attached hydrogen (secondary N) is 2. The molecule has 1 rings (SSSR count). The molecule has 7 heteroatoms. The molecule has 130 valence electrons. The molecule has 0 amide bonds. The Kier molecular flexibility index (Phi) is 7.71. The first-order valence-electron chi connectivity index (χ1n) is 7.53. The number of hydrogen-bond donors (Lipinski definition) is 2. The quantitative estimate of drug-likeness (QED) is 0.595. The Balaban J connectivity index is 2.44. The maximum absolute atomic E-state index is 12.1. The smallest absolute Gasteiger partial charge is 0.390 e. The number of halogens is 3. The Bertz CT molecular complexity index is 502. The Labute approximate surface area is 135 Å². The summed E-state index contributed by atoms with van der Waals surface area (Å²) in [6.45, 7) is 5.02. The molecule has 2 N–H and O–H groups in total. The molecule has 0 atom stereocenters. The van der Waals surface area contributed by atoms with Crippen molar-refractivity contribution >= 4 is 5.96 Å². The minimum atomic E-state index is -4.17. The Morgan fingerprint density at radius 1 is 1.26 bits per heavy atom. The molecule has 0 bridgehead atoms. The molecule has 0 unspecified atom stereocenters. The van der Waals surface area contributed by atoms with E-state index in [0.717, 1.165) is 11.3 Å². The number of benzene rings is 1. The lowest BCUT2D eigenvalue weighted by atomic mass is 10.2. The van der Waals surface area contributed by atoms with E-state index in [1.807, 2.05) is 24.3 Å². The SMILES string of the molecule is CN=C(NCCC(F)(F)F)NCc1cccc(OCC(C)C)c1. The van der Waals surface area contributed by atoms with Crippen molar-refractivity contribution in [3.8, 4) is 5.75 Å². The first-order valence-corrected chi connectivity index (χ1v) is 7.53. The lowest BCUT2D eigenvalue weighted by Gasteiger charge is -2.14. The number of nitrogens with zero attached hydrogens (tertiary/aromatic N) is 1. The largest absolute Gasteiger partial charge is 0.493 e. The highest BCUT2D eigenvalue weighted by Gasteiger charge is 2.26. The van der Waals surface area contributed by atoms with E-state index in [1.165, 1.54) is 7.05 Å². The van der Waals surface area contributed by atoms with Gasteiger partial charge in [0.05, 0.1) is 13.0 Å². The van der Waals surface area contributed by atoms with Crippen LogP contribution in [0.3, 0.4) is 0 Å². The van der Waals surface area contributed by atoms with Crippen LogP contribution in [-0.4, -0.2) is 32.3 Å². The highest BCUT2D eigenvalue weighted by Crippen LogP contribution is 2.18. The molecule has 4 nitrogen and oxygen atoms in total. The number of hydrogen-bond acceptors (Lipinski definition) is 2. The van der Waals surface area contributed by atoms with Crippen LogP contribution in [0.15, 0.2) is 29.3 Å². The molecule has 0 fully saturated rings. The molecule has 0 radical (unpaired) electrons. The summed E-state index contributed by atoms with van der Waals surface area (Å²) in [6, 6.07) is 7.57. The Hall–Kier alpha value is -1.92. The van der Waals surface area contributed by atoms with Crippen LogP contribution in [0.25, 0.3) is 0 Å². The topological polar surface area (TPSA) is 45.7 Å². The van der Waals surface area contributed by atoms with Crippen LogP contribution in [0.4, 0.5) is 13.2 Å². The van der Waals surface area contributed by atoms with Gasteiger partial charge in [-0.1, -0.05) is 26.0 Å². The van der Waals surface area contributed by atoms with E-state index < -0.39 is 12.6 Å². The van der Waals surface area contributed by atoms with Gasteiger partial charge < -0.3 is 15.4 Å². The molecule has 0 saturated heterocycles. The third-order valence-electron chi connectivity index (χ3n) is 2.87. The third kappa shape index (κ3) is 8.95. The van der Waals surface area contributed by atoms with Crippen molar-refractivity contribution in [2.45, 2.75) is 33.0 Å². The van der Waals surface area contributed by atoms with Gasteiger partial charge in [-0.25, -0.2) is 0 Å². The maximum atomic E-state index is 12.1. The van der Waals surface area contributed by atoms with E-state index in [2.05, 4.69) is 29.5 Å². The van der Waals surface area contributed by atoms with E-state index >= 15 is 0 Å². The summed E-state index contributed by atoms with van der Waals surface area (Å²) in [5, 5.41) is 5.62. The lowest BCUT2D eigenvalue weighted by molar-refractivity contribution is -0.132. The Morgan fingerprint density at radius 2 is 2.00 bits per heavy atom. The summed E-state index contributed by atoms with van der Waals surface area (Å²) in [6.07, 6.45) is -5.07. The molecule has 1 aromatic rings. The summed E-state index contributed by atoms with van der Waals surface area (Å²) in [4.78, 5) is 3.90. The summed E-state index contributed by atoms with van der Waals surface area (Å²) in [5.41, 5.74) is 0.963. The van der Waals surface area contributed by atoms with Crippen LogP contribution < -0.4 is 15.4 Å². The first-order chi connectivity index (χ1) is 10.8. The average Bonchev–Trinajstić information content (AvgIpc) is 2.48. The van der Waals surface area contributed by atoms with Gasteiger partial charge in [-0.3, -0.25) is 4.99 Å². The Morgan fingerprint density at radius 3 is 2.61 bits per heavy atom. The van der Waals surface area contributed by atoms with Crippen LogP contribution in [0.2, 0.25) is 0 Å². The molecule has 0 saturated carbocycles. The fourth-order valence-corrected chi connectivity index (χ4v) is 1.74. The van der Waals surface area contributed by atoms with Crippen LogP contribution in [0, 0.1) is 5.92 Å². The highest BCUT2D eigenvalue weighted by molar-refractivity contribution is 5.79. The second-order valence-corrected chi connectivity index (χ2v) is 5.57. The van der Waals surface area contributed by atoms with Gasteiger partial charge in [0, 0.05) is 20.1 Å². The summed E-state index contributed by atoms with van der Waals surface area (Å²) < 4.78 is 42.0. The molecule has 0 heterocycles. The molecule has 1 aromatic carbocycles. The monoisotopic (exact) mass is 331 g/mol. The number of aliphatic imine (C=N–C) groups is 1. The van der Waals surface area contributed by atoms with Crippen molar-refractivity contribution in [1.29, 1.82) is 0 Å². The number of alkyl halides is 3. The van der Waals surface area contributed by atoms with Gasteiger partial charge in [0.1, 0.15) is 5.75 Å². The summed E-state index contributed by atoms with van der Waals surface area (Å²) in [7, 11) is 1.52. The van der Waals surface area contributed by atoms with Gasteiger partial charge in [0.25, 0.3) is 0 Å². The molecule has 0 spiro atoms. The zero-order valence-electron chi connectivity index (χ0n) is 13.7. The standard InChI is InChI=1S/C16H24F3N3O/c1-12(2)11-23-14-6-4-5-13(9-14)10-22-15(20-3)21-8-7-16(17,18)19/h4-6,9,12H,7-8,10-11H2,1-3H3,(H2,20,21,22). The second-order valence-electron chi connectivity index (χ2n) is 5.57. The minimum absolute atomic E-state index is 0.208. The maximum Gasteiger partial charge on any atom is 0.390 e.